The van der Waals surface area contributed by atoms with Gasteiger partial charge in [-0.1, -0.05) is 0 Å². The van der Waals surface area contributed by atoms with E-state index in [4.69, 9.17) is 5.73 Å². The summed E-state index contributed by atoms with van der Waals surface area (Å²) in [5.41, 5.74) is 5.41. The van der Waals surface area contributed by atoms with Crippen molar-refractivity contribution in [2.45, 2.75) is 32.2 Å². The maximum Gasteiger partial charge on any atom is 0.219 e. The second-order valence-corrected chi connectivity index (χ2v) is 3.88. The number of hydrogen-bond acceptors (Lipinski definition) is 3. The summed E-state index contributed by atoms with van der Waals surface area (Å²) in [7, 11) is 0. The average Bonchev–Trinajstić information content (AvgIpc) is 2.19. The summed E-state index contributed by atoms with van der Waals surface area (Å²) in [6.07, 6.45) is 3.18. The van der Waals surface area contributed by atoms with Crippen molar-refractivity contribution in [2.75, 3.05) is 26.2 Å². The molecule has 0 aliphatic carbocycles. The van der Waals surface area contributed by atoms with Crippen LogP contribution in [-0.4, -0.2) is 43.0 Å². The van der Waals surface area contributed by atoms with Crippen LogP contribution in [0.15, 0.2) is 0 Å². The number of amides is 1. The quantitative estimate of drug-likeness (QED) is 0.623. The summed E-state index contributed by atoms with van der Waals surface area (Å²) < 4.78 is 0. The Kier molecular flexibility index (Phi) is 4.90. The van der Waals surface area contributed by atoms with Crippen LogP contribution in [0.25, 0.3) is 0 Å². The van der Waals surface area contributed by atoms with E-state index in [0.717, 1.165) is 45.4 Å². The number of hydrogen-bond donors (Lipinski definition) is 2. The summed E-state index contributed by atoms with van der Waals surface area (Å²) in [5, 5.41) is 3.46. The monoisotopic (exact) mass is 199 g/mol. The summed E-state index contributed by atoms with van der Waals surface area (Å²) >= 11 is 0. The molecule has 0 radical (unpaired) electrons. The van der Waals surface area contributed by atoms with Gasteiger partial charge < -0.3 is 16.0 Å². The van der Waals surface area contributed by atoms with Gasteiger partial charge in [0, 0.05) is 26.1 Å². The molecule has 0 aromatic carbocycles. The number of nitrogens with one attached hydrogen (secondary N) is 1. The Bertz CT molecular complexity index is 176. The van der Waals surface area contributed by atoms with E-state index in [1.54, 1.807) is 6.92 Å². The first-order chi connectivity index (χ1) is 6.74. The third kappa shape index (κ3) is 3.64. The van der Waals surface area contributed by atoms with E-state index < -0.39 is 0 Å². The van der Waals surface area contributed by atoms with Crippen molar-refractivity contribution >= 4 is 5.91 Å². The first-order valence-corrected chi connectivity index (χ1v) is 5.43. The molecule has 0 saturated carbocycles. The van der Waals surface area contributed by atoms with Gasteiger partial charge in [-0.05, 0) is 32.4 Å². The van der Waals surface area contributed by atoms with E-state index in [-0.39, 0.29) is 5.91 Å². The van der Waals surface area contributed by atoms with Gasteiger partial charge in [0.15, 0.2) is 0 Å². The van der Waals surface area contributed by atoms with Gasteiger partial charge >= 0.3 is 0 Å². The van der Waals surface area contributed by atoms with E-state index in [1.165, 1.54) is 0 Å². The van der Waals surface area contributed by atoms with Gasteiger partial charge in [0.05, 0.1) is 0 Å². The standard InChI is InChI=1S/C10H21N3O/c1-9(14)13-7-3-10(4-8-13)12-6-2-5-11/h10,12H,2-8,11H2,1H3. The third-order valence-electron chi connectivity index (χ3n) is 2.75. The fraction of sp³-hybridized carbons (Fsp3) is 0.900. The molecule has 1 aliphatic heterocycles. The number of nitrogens with zero attached hydrogens (tertiary/aromatic N) is 1. The van der Waals surface area contributed by atoms with Crippen LogP contribution in [0.5, 0.6) is 0 Å². The second-order valence-electron chi connectivity index (χ2n) is 3.88. The van der Waals surface area contributed by atoms with Gasteiger partial charge in [-0.3, -0.25) is 4.79 Å². The Balaban J connectivity index is 2.12. The zero-order valence-electron chi connectivity index (χ0n) is 8.96. The van der Waals surface area contributed by atoms with Gasteiger partial charge in [0.1, 0.15) is 0 Å². The molecule has 1 aliphatic rings. The maximum absolute atomic E-state index is 11.1. The SMILES string of the molecule is CC(=O)N1CCC(NCCCN)CC1. The molecule has 0 aromatic rings. The van der Waals surface area contributed by atoms with Crippen molar-refractivity contribution in [2.24, 2.45) is 5.73 Å². The van der Waals surface area contributed by atoms with Crippen LogP contribution in [0.4, 0.5) is 0 Å². The molecular weight excluding hydrogens is 178 g/mol. The minimum absolute atomic E-state index is 0.199. The van der Waals surface area contributed by atoms with E-state index in [9.17, 15) is 4.79 Å². The molecule has 3 N–H and O–H groups in total. The van der Waals surface area contributed by atoms with Crippen molar-refractivity contribution in [3.8, 4) is 0 Å². The Labute approximate surface area is 85.8 Å². The molecule has 1 amide bonds. The molecule has 1 rings (SSSR count). The molecule has 4 nitrogen and oxygen atoms in total. The highest BCUT2D eigenvalue weighted by Crippen LogP contribution is 2.09. The third-order valence-corrected chi connectivity index (χ3v) is 2.75. The van der Waals surface area contributed by atoms with Crippen LogP contribution < -0.4 is 11.1 Å². The first kappa shape index (κ1) is 11.5. The van der Waals surface area contributed by atoms with Crippen LogP contribution in [0.2, 0.25) is 0 Å². The number of piperidine rings is 1. The number of rotatable bonds is 4. The highest BCUT2D eigenvalue weighted by molar-refractivity contribution is 5.73. The Morgan fingerprint density at radius 1 is 1.50 bits per heavy atom. The number of carbonyl (C=O) groups is 1. The lowest BCUT2D eigenvalue weighted by atomic mass is 10.1. The fourth-order valence-corrected chi connectivity index (χ4v) is 1.81. The van der Waals surface area contributed by atoms with Crippen molar-refractivity contribution in [1.82, 2.24) is 10.2 Å². The van der Waals surface area contributed by atoms with Gasteiger partial charge in [-0.15, -0.1) is 0 Å². The number of nitrogens with two attached hydrogens (primary N) is 1. The van der Waals surface area contributed by atoms with Gasteiger partial charge in [-0.25, -0.2) is 0 Å². The van der Waals surface area contributed by atoms with Crippen molar-refractivity contribution in [3.05, 3.63) is 0 Å². The van der Waals surface area contributed by atoms with E-state index in [0.29, 0.717) is 6.04 Å². The molecule has 0 bridgehead atoms. The smallest absolute Gasteiger partial charge is 0.219 e. The molecule has 0 aromatic heterocycles. The zero-order chi connectivity index (χ0) is 10.4. The lowest BCUT2D eigenvalue weighted by Crippen LogP contribution is -2.44. The van der Waals surface area contributed by atoms with Crippen molar-refractivity contribution in [3.63, 3.8) is 0 Å². The van der Waals surface area contributed by atoms with Crippen LogP contribution in [-0.2, 0) is 4.79 Å². The van der Waals surface area contributed by atoms with Crippen LogP contribution in [0.3, 0.4) is 0 Å². The van der Waals surface area contributed by atoms with Crippen LogP contribution >= 0.6 is 0 Å². The second kappa shape index (κ2) is 5.98. The predicted octanol–water partition coefficient (Wildman–Crippen LogP) is -0.0643. The molecule has 14 heavy (non-hydrogen) atoms. The van der Waals surface area contributed by atoms with E-state index >= 15 is 0 Å². The molecule has 0 spiro atoms. The van der Waals surface area contributed by atoms with E-state index in [1.807, 2.05) is 4.90 Å². The molecule has 4 heteroatoms. The maximum atomic E-state index is 11.1. The Hall–Kier alpha value is -0.610. The lowest BCUT2D eigenvalue weighted by Gasteiger charge is -2.31. The summed E-state index contributed by atoms with van der Waals surface area (Å²) in [4.78, 5) is 13.0. The van der Waals surface area contributed by atoms with Gasteiger partial charge in [0.2, 0.25) is 5.91 Å². The van der Waals surface area contributed by atoms with E-state index in [2.05, 4.69) is 5.32 Å². The Morgan fingerprint density at radius 3 is 2.64 bits per heavy atom. The predicted molar refractivity (Wildman–Crippen MR) is 57.0 cm³/mol. The molecule has 0 unspecified atom stereocenters. The number of carbonyl (C=O) groups excluding carboxylic acids is 1. The number of likely N-dealkylation sites (tertiary alicyclic amines) is 1. The zero-order valence-corrected chi connectivity index (χ0v) is 8.96. The highest BCUT2D eigenvalue weighted by atomic mass is 16.2. The molecular formula is C10H21N3O. The fourth-order valence-electron chi connectivity index (χ4n) is 1.81. The van der Waals surface area contributed by atoms with Crippen LogP contribution in [0.1, 0.15) is 26.2 Å². The molecule has 1 heterocycles. The largest absolute Gasteiger partial charge is 0.343 e. The molecule has 82 valence electrons. The minimum Gasteiger partial charge on any atom is -0.343 e. The summed E-state index contributed by atoms with van der Waals surface area (Å²) in [6, 6.07) is 0.581. The summed E-state index contributed by atoms with van der Waals surface area (Å²) in [6.45, 7) is 5.19. The van der Waals surface area contributed by atoms with Gasteiger partial charge in [-0.2, -0.15) is 0 Å². The van der Waals surface area contributed by atoms with Crippen LogP contribution in [0, 0.1) is 0 Å². The topological polar surface area (TPSA) is 58.4 Å². The molecule has 1 saturated heterocycles. The average molecular weight is 199 g/mol. The molecule has 0 atom stereocenters. The van der Waals surface area contributed by atoms with Gasteiger partial charge in [0.25, 0.3) is 0 Å². The minimum atomic E-state index is 0.199. The van der Waals surface area contributed by atoms with Crippen molar-refractivity contribution < 1.29 is 4.79 Å². The first-order valence-electron chi connectivity index (χ1n) is 5.43. The normalized spacial score (nSPS) is 18.6. The Morgan fingerprint density at radius 2 is 2.14 bits per heavy atom. The summed E-state index contributed by atoms with van der Waals surface area (Å²) in [5.74, 6) is 0.199. The van der Waals surface area contributed by atoms with Crippen molar-refractivity contribution in [1.29, 1.82) is 0 Å². The lowest BCUT2D eigenvalue weighted by molar-refractivity contribution is -0.129. The molecule has 1 fully saturated rings. The highest BCUT2D eigenvalue weighted by Gasteiger charge is 2.19.